The molecule has 0 amide bonds. The first-order chi connectivity index (χ1) is 32.0. The summed E-state index contributed by atoms with van der Waals surface area (Å²) in [4.78, 5) is 4.21. The van der Waals surface area contributed by atoms with Gasteiger partial charge in [0.15, 0.2) is 5.82 Å². The average Bonchev–Trinajstić information content (AvgIpc) is 4.11. The lowest BCUT2D eigenvalue weighted by Crippen LogP contribution is -2.53. The van der Waals surface area contributed by atoms with Gasteiger partial charge in [-0.15, -0.1) is 5.10 Å². The van der Waals surface area contributed by atoms with Crippen molar-refractivity contribution in [3.8, 4) is 0 Å². The van der Waals surface area contributed by atoms with Crippen LogP contribution in [-0.2, 0) is 4.74 Å². The van der Waals surface area contributed by atoms with Gasteiger partial charge in [0, 0.05) is 85.4 Å². The molecular formula is C46H29Cl3F3N13O. The third-order valence-electron chi connectivity index (χ3n) is 12.0. The van der Waals surface area contributed by atoms with Crippen molar-refractivity contribution in [2.45, 2.75) is 31.5 Å². The van der Waals surface area contributed by atoms with E-state index in [2.05, 4.69) is 20.5 Å². The highest BCUT2D eigenvalue weighted by Crippen LogP contribution is 2.42. The van der Waals surface area contributed by atoms with Gasteiger partial charge >= 0.3 is 17.2 Å². The monoisotopic (exact) mass is 941 g/mol. The fourth-order valence-electron chi connectivity index (χ4n) is 8.87. The predicted molar refractivity (Wildman–Crippen MR) is 240 cm³/mol. The number of halogens is 6. The summed E-state index contributed by atoms with van der Waals surface area (Å²) in [6, 6.07) is 14.1. The summed E-state index contributed by atoms with van der Waals surface area (Å²) in [5.41, 5.74) is 15.1. The molecule has 7 heterocycles. The maximum absolute atomic E-state index is 15.1. The van der Waals surface area contributed by atoms with Crippen molar-refractivity contribution in [1.29, 1.82) is 0 Å². The van der Waals surface area contributed by atoms with Crippen molar-refractivity contribution in [3.05, 3.63) is 197 Å². The number of tetrazole rings is 1. The van der Waals surface area contributed by atoms with Crippen molar-refractivity contribution in [1.82, 2.24) is 30.4 Å². The summed E-state index contributed by atoms with van der Waals surface area (Å²) < 4.78 is 55.9. The molecule has 0 saturated heterocycles. The van der Waals surface area contributed by atoms with Gasteiger partial charge in [0.05, 0.1) is 34.5 Å². The van der Waals surface area contributed by atoms with Crippen LogP contribution in [0.25, 0.3) is 49.6 Å². The van der Waals surface area contributed by atoms with E-state index >= 15 is 13.2 Å². The van der Waals surface area contributed by atoms with E-state index in [1.54, 1.807) is 76.0 Å². The van der Waals surface area contributed by atoms with Crippen LogP contribution in [0.2, 0.25) is 10.0 Å². The van der Waals surface area contributed by atoms with E-state index in [0.717, 1.165) is 39.5 Å². The van der Waals surface area contributed by atoms with Crippen LogP contribution in [0.3, 0.4) is 0 Å². The number of nitrogens with zero attached hydrogens (tertiary/aromatic N) is 13. The molecule has 3 aliphatic carbocycles. The van der Waals surface area contributed by atoms with Crippen molar-refractivity contribution < 1.29 is 27.3 Å². The van der Waals surface area contributed by atoms with E-state index in [0.29, 0.717) is 83.5 Å². The number of pyridine rings is 2. The first-order valence-electron chi connectivity index (χ1n) is 20.4. The summed E-state index contributed by atoms with van der Waals surface area (Å²) in [5.74, 6) is 1.15. The number of methoxy groups -OCH3 is 1. The zero-order valence-corrected chi connectivity index (χ0v) is 36.4. The summed E-state index contributed by atoms with van der Waals surface area (Å²) in [7, 11) is 1.59. The van der Waals surface area contributed by atoms with Gasteiger partial charge in [-0.3, -0.25) is 14.3 Å². The number of ether oxygens (including phenoxy) is 1. The van der Waals surface area contributed by atoms with Crippen LogP contribution in [-0.4, -0.2) is 49.9 Å². The molecule has 0 spiro atoms. The third kappa shape index (κ3) is 6.63. The number of alkyl halides is 3. The molecule has 2 aromatic carbocycles. The molecular weight excluding hydrogens is 914 g/mol. The van der Waals surface area contributed by atoms with Gasteiger partial charge in [-0.25, -0.2) is 14.9 Å². The number of hydrogen-bond acceptors (Lipinski definition) is 9. The topological polar surface area (TPSA) is 132 Å². The Hall–Kier alpha value is -7.34. The molecule has 3 aromatic heterocycles. The molecule has 0 radical (unpaired) electrons. The minimum atomic E-state index is -4.74. The second-order valence-corrected chi connectivity index (χ2v) is 17.3. The van der Waals surface area contributed by atoms with Crippen molar-refractivity contribution in [2.75, 3.05) is 7.11 Å². The molecule has 0 N–H and O–H groups in total. The Labute approximate surface area is 386 Å². The van der Waals surface area contributed by atoms with Crippen LogP contribution < -0.4 is 30.8 Å². The van der Waals surface area contributed by atoms with Gasteiger partial charge in [-0.05, 0) is 118 Å². The fourth-order valence-corrected chi connectivity index (χ4v) is 9.39. The van der Waals surface area contributed by atoms with Crippen LogP contribution in [0.5, 0.6) is 0 Å². The number of hydrogen-bond donors (Lipinski definition) is 0. The Bertz CT molecular complexity index is 3670. The molecule has 0 saturated carbocycles. The lowest BCUT2D eigenvalue weighted by atomic mass is 9.89. The summed E-state index contributed by atoms with van der Waals surface area (Å²) in [5, 5.41) is 29.5. The molecule has 5 aromatic rings. The number of fused-ring (bicyclic) bond motifs is 9. The Kier molecular flexibility index (Phi) is 9.21. The number of allylic oxidation sites excluding steroid dienone is 16. The van der Waals surface area contributed by atoms with E-state index in [4.69, 9.17) is 60.8 Å². The smallest absolute Gasteiger partial charge is 0.416 e. The Morgan fingerprint density at radius 2 is 1.52 bits per heavy atom. The van der Waals surface area contributed by atoms with Gasteiger partial charge in [0.1, 0.15) is 22.8 Å². The average molecular weight is 943 g/mol. The first-order valence-corrected chi connectivity index (χ1v) is 21.6. The van der Waals surface area contributed by atoms with E-state index < -0.39 is 11.7 Å². The molecule has 66 heavy (non-hydrogen) atoms. The molecule has 1 atom stereocenters. The molecule has 326 valence electrons. The minimum Gasteiger partial charge on any atom is -0.501 e. The van der Waals surface area contributed by atoms with Gasteiger partial charge in [-0.2, -0.15) is 13.2 Å². The highest BCUT2D eigenvalue weighted by atomic mass is 35.5. The molecule has 4 aliphatic heterocycles. The van der Waals surface area contributed by atoms with Crippen LogP contribution in [0.4, 0.5) is 13.2 Å². The molecule has 7 aliphatic rings. The maximum Gasteiger partial charge on any atom is 0.416 e. The Morgan fingerprint density at radius 3 is 2.21 bits per heavy atom. The fraction of sp³-hybridized carbons (Fsp3) is 0.130. The van der Waals surface area contributed by atoms with Crippen LogP contribution in [0.1, 0.15) is 31.1 Å². The minimum absolute atomic E-state index is 0.0127. The largest absolute Gasteiger partial charge is 0.501 e. The lowest BCUT2D eigenvalue weighted by Gasteiger charge is -2.31. The Balaban J connectivity index is 1.03. The van der Waals surface area contributed by atoms with E-state index in [-0.39, 0.29) is 23.6 Å². The van der Waals surface area contributed by atoms with Crippen molar-refractivity contribution in [3.63, 3.8) is 0 Å². The molecule has 1 unspecified atom stereocenters. The molecule has 14 nitrogen and oxygen atoms in total. The van der Waals surface area contributed by atoms with Gasteiger partial charge in [0.25, 0.3) is 0 Å². The standard InChI is InChI=1S/C46H29Cl3F3N13O/c1-66-34-8-9-39(37(23-34)38-18-27-4-7-30(47)20-40(27)61-43(38)54-57-58-61)65-56-45-36(17-26-3-6-32(49)22-42(26)63(45)60-65)28-14-29(46(50,51)52)19-33(15-28)64-55-44-35(24-10-12-53-13-11-24)16-25-2-5-31(48)21-41(25)62(44)59-64/h2-10,12-14,16-22,40H,11,15,23H2,1H3. The summed E-state index contributed by atoms with van der Waals surface area (Å²) in [6.07, 6.45) is 14.9. The maximum atomic E-state index is 15.1. The van der Waals surface area contributed by atoms with Gasteiger partial charge in [-0.1, -0.05) is 40.9 Å². The first kappa shape index (κ1) is 40.2. The number of aromatic nitrogens is 6. The quantitative estimate of drug-likeness (QED) is 0.182. The van der Waals surface area contributed by atoms with Crippen LogP contribution in [0, 0.1) is 0 Å². The van der Waals surface area contributed by atoms with E-state index in [1.807, 2.05) is 48.6 Å². The second kappa shape index (κ2) is 15.1. The van der Waals surface area contributed by atoms with Gasteiger partial charge in [0.2, 0.25) is 0 Å². The number of benzene rings is 2. The van der Waals surface area contributed by atoms with Crippen LogP contribution in [0.15, 0.2) is 164 Å². The number of aliphatic imine (C=N–C) groups is 1. The Morgan fingerprint density at radius 1 is 0.803 bits per heavy atom. The van der Waals surface area contributed by atoms with E-state index in [1.165, 1.54) is 10.2 Å². The lowest BCUT2D eigenvalue weighted by molar-refractivity contribution is -0.616. The number of rotatable bonds is 3. The molecule has 20 heteroatoms. The molecule has 12 rings (SSSR count). The second-order valence-electron chi connectivity index (χ2n) is 15.9. The SMILES string of the molecule is COC1=CC=C(N2N=c3c(=C4C=C(C(F)(F)F)C=C(N5N=c6c(=C7C=CN=CC7)cc7ccc(Cl)cc7[n+]6[N-]5)C4)cc4ccc(Cl)cc4[n+]3[N-]2)C(=C2C=C3C=CC(Cl)=CC3n3nnnc32)C1. The van der Waals surface area contributed by atoms with E-state index in [9.17, 15) is 0 Å². The van der Waals surface area contributed by atoms with Crippen molar-refractivity contribution in [2.24, 2.45) is 15.2 Å². The predicted octanol–water partition coefficient (Wildman–Crippen LogP) is 6.88. The zero-order chi connectivity index (χ0) is 45.0. The molecule has 0 bridgehead atoms. The molecule has 0 fully saturated rings. The van der Waals surface area contributed by atoms with Crippen molar-refractivity contribution >= 4 is 79.5 Å². The van der Waals surface area contributed by atoms with Gasteiger partial charge < -0.3 is 15.8 Å². The third-order valence-corrected chi connectivity index (χ3v) is 12.7. The summed E-state index contributed by atoms with van der Waals surface area (Å²) >= 11 is 19.5. The highest BCUT2D eigenvalue weighted by molar-refractivity contribution is 6.32. The zero-order valence-electron chi connectivity index (χ0n) is 34.2. The highest BCUT2D eigenvalue weighted by Gasteiger charge is 2.37. The normalized spacial score (nSPS) is 22.2. The van der Waals surface area contributed by atoms with Crippen LogP contribution >= 0.6 is 34.8 Å². The summed E-state index contributed by atoms with van der Waals surface area (Å²) in [6.45, 7) is 0.